The largest absolute Gasteiger partial charge is 0.444 e. The zero-order valence-corrected chi connectivity index (χ0v) is 31.1. The Bertz CT molecular complexity index is 2230. The van der Waals surface area contributed by atoms with Crippen LogP contribution in [-0.4, -0.2) is 88.4 Å². The van der Waals surface area contributed by atoms with Crippen LogP contribution in [-0.2, 0) is 4.79 Å². The number of ether oxygens (including phenoxy) is 1. The zero-order chi connectivity index (χ0) is 37.0. The summed E-state index contributed by atoms with van der Waals surface area (Å²) in [6.45, 7) is 2.25. The first kappa shape index (κ1) is 34.6. The number of nitrogens with zero attached hydrogens (tertiary/aromatic N) is 6. The molecule has 10 rings (SSSR count). The highest BCUT2D eigenvalue weighted by molar-refractivity contribution is 7.23. The van der Waals surface area contributed by atoms with Gasteiger partial charge in [-0.25, -0.2) is 13.2 Å². The van der Waals surface area contributed by atoms with Gasteiger partial charge in [-0.2, -0.15) is 15.2 Å². The number of nitriles is 1. The summed E-state index contributed by atoms with van der Waals surface area (Å²) in [7, 11) is 0. The third kappa shape index (κ3) is 5.59. The number of piperidine rings is 4. The molecule has 6 aliphatic rings. The molecule has 3 N–H and O–H groups in total. The molecule has 0 spiro atoms. The fourth-order valence-electron chi connectivity index (χ4n) is 10.0. The second-order valence-corrected chi connectivity index (χ2v) is 17.4. The van der Waals surface area contributed by atoms with Crippen LogP contribution >= 0.6 is 22.9 Å². The summed E-state index contributed by atoms with van der Waals surface area (Å²) < 4.78 is 53.9. The molecule has 7 heterocycles. The maximum absolute atomic E-state index is 17.4. The van der Waals surface area contributed by atoms with Crippen molar-refractivity contribution in [2.75, 3.05) is 36.8 Å². The SMILES string of the molecule is N#Cc1c(N)sc2c(F)ccc(-c3c(Cl)cc4c(N5CCCC6C5CCCN6C(=O)[C@@H]5N[C@H]5C5CC5)nc(OC5[C@@H]6CCCN5C[C@H](F)C6)nc4c3F)c12. The number of alkyl halides is 1. The Morgan fingerprint density at radius 1 is 1.06 bits per heavy atom. The van der Waals surface area contributed by atoms with Crippen molar-refractivity contribution < 1.29 is 22.7 Å². The summed E-state index contributed by atoms with van der Waals surface area (Å²) in [6, 6.07) is 6.35. The number of nitrogens with two attached hydrogens (primary N) is 1. The minimum Gasteiger partial charge on any atom is -0.444 e. The van der Waals surface area contributed by atoms with E-state index in [0.29, 0.717) is 43.2 Å². The lowest BCUT2D eigenvalue weighted by Crippen LogP contribution is -2.61. The second kappa shape index (κ2) is 13.1. The zero-order valence-electron chi connectivity index (χ0n) is 29.5. The number of hydrogen-bond donors (Lipinski definition) is 2. The molecule has 5 aliphatic heterocycles. The Balaban J connectivity index is 1.10. The highest BCUT2D eigenvalue weighted by Crippen LogP contribution is 2.47. The molecule has 5 saturated heterocycles. The van der Waals surface area contributed by atoms with Crippen LogP contribution in [0.15, 0.2) is 18.2 Å². The fraction of sp³-hybridized carbons (Fsp3) is 0.538. The number of fused-ring (bicyclic) bond motifs is 5. The summed E-state index contributed by atoms with van der Waals surface area (Å²) in [5.74, 6) is -0.173. The Morgan fingerprint density at radius 2 is 1.85 bits per heavy atom. The molecule has 10 nitrogen and oxygen atoms in total. The average Bonchev–Trinajstić information content (AvgIpc) is 4.09. The summed E-state index contributed by atoms with van der Waals surface area (Å²) in [5, 5.41) is 14.2. The molecule has 2 bridgehead atoms. The molecule has 1 aliphatic carbocycles. The van der Waals surface area contributed by atoms with Crippen LogP contribution in [0.3, 0.4) is 0 Å². The van der Waals surface area contributed by atoms with Crippen LogP contribution in [0.4, 0.5) is 24.0 Å². The number of aromatic nitrogens is 2. The minimum atomic E-state index is -0.949. The maximum atomic E-state index is 17.4. The molecule has 1 amide bonds. The van der Waals surface area contributed by atoms with Crippen molar-refractivity contribution in [1.29, 1.82) is 5.26 Å². The van der Waals surface area contributed by atoms with E-state index < -0.39 is 24.0 Å². The molecule has 282 valence electrons. The molecular weight excluding hydrogens is 737 g/mol. The van der Waals surface area contributed by atoms with Gasteiger partial charge in [-0.1, -0.05) is 17.7 Å². The van der Waals surface area contributed by atoms with Gasteiger partial charge >= 0.3 is 6.01 Å². The minimum absolute atomic E-state index is 0.0223. The normalized spacial score (nSPS) is 30.6. The van der Waals surface area contributed by atoms with E-state index in [1.54, 1.807) is 6.07 Å². The van der Waals surface area contributed by atoms with Crippen molar-refractivity contribution >= 4 is 60.7 Å². The first-order valence-electron chi connectivity index (χ1n) is 19.2. The third-order valence-electron chi connectivity index (χ3n) is 12.7. The van der Waals surface area contributed by atoms with Gasteiger partial charge in [0.2, 0.25) is 5.91 Å². The molecule has 2 aromatic carbocycles. The predicted molar refractivity (Wildman–Crippen MR) is 201 cm³/mol. The lowest BCUT2D eigenvalue weighted by molar-refractivity contribution is -0.135. The Kier molecular flexibility index (Phi) is 8.39. The fourth-order valence-corrected chi connectivity index (χ4v) is 11.3. The molecule has 2 aromatic heterocycles. The lowest BCUT2D eigenvalue weighted by Gasteiger charge is -2.50. The van der Waals surface area contributed by atoms with Gasteiger partial charge in [0.15, 0.2) is 12.0 Å². The van der Waals surface area contributed by atoms with Crippen molar-refractivity contribution in [1.82, 2.24) is 25.1 Å². The van der Waals surface area contributed by atoms with Gasteiger partial charge in [-0.05, 0) is 81.4 Å². The number of nitrogen functional groups attached to an aromatic ring is 1. The number of rotatable bonds is 6. The number of carbonyl (C=O) groups is 1. The van der Waals surface area contributed by atoms with E-state index in [0.717, 1.165) is 49.9 Å². The van der Waals surface area contributed by atoms with Crippen molar-refractivity contribution in [2.24, 2.45) is 11.8 Å². The van der Waals surface area contributed by atoms with Crippen LogP contribution in [0.1, 0.15) is 63.4 Å². The molecule has 6 fully saturated rings. The number of halogens is 4. The Labute approximate surface area is 319 Å². The number of amides is 1. The third-order valence-corrected chi connectivity index (χ3v) is 14.0. The molecule has 0 radical (unpaired) electrons. The topological polar surface area (TPSA) is 134 Å². The van der Waals surface area contributed by atoms with Gasteiger partial charge in [-0.15, -0.1) is 11.3 Å². The number of anilines is 2. The van der Waals surface area contributed by atoms with E-state index in [1.165, 1.54) is 25.0 Å². The van der Waals surface area contributed by atoms with Crippen molar-refractivity contribution in [2.45, 2.75) is 94.4 Å². The van der Waals surface area contributed by atoms with Crippen LogP contribution in [0.5, 0.6) is 6.01 Å². The Morgan fingerprint density at radius 3 is 2.65 bits per heavy atom. The van der Waals surface area contributed by atoms with Gasteiger partial charge < -0.3 is 20.3 Å². The predicted octanol–water partition coefficient (Wildman–Crippen LogP) is 6.77. The first-order chi connectivity index (χ1) is 26.2. The number of likely N-dealkylation sites (tertiary alicyclic amines) is 1. The van der Waals surface area contributed by atoms with E-state index in [1.807, 2.05) is 4.90 Å². The van der Waals surface area contributed by atoms with Crippen molar-refractivity contribution in [3.8, 4) is 23.2 Å². The summed E-state index contributed by atoms with van der Waals surface area (Å²) >= 11 is 7.93. The average molecular weight is 777 g/mol. The highest BCUT2D eigenvalue weighted by Gasteiger charge is 2.54. The summed E-state index contributed by atoms with van der Waals surface area (Å²) in [4.78, 5) is 29.8. The first-order valence-corrected chi connectivity index (χ1v) is 20.4. The van der Waals surface area contributed by atoms with Crippen LogP contribution < -0.4 is 20.7 Å². The summed E-state index contributed by atoms with van der Waals surface area (Å²) in [5.41, 5.74) is 6.34. The number of carbonyl (C=O) groups excluding carboxylic acids is 1. The van der Waals surface area contributed by atoms with Crippen molar-refractivity contribution in [3.63, 3.8) is 0 Å². The van der Waals surface area contributed by atoms with Gasteiger partial charge in [0.1, 0.15) is 40.4 Å². The van der Waals surface area contributed by atoms with E-state index in [2.05, 4.69) is 21.2 Å². The quantitative estimate of drug-likeness (QED) is 0.204. The highest BCUT2D eigenvalue weighted by atomic mass is 35.5. The molecule has 54 heavy (non-hydrogen) atoms. The van der Waals surface area contributed by atoms with E-state index in [-0.39, 0.29) is 90.9 Å². The van der Waals surface area contributed by atoms with Crippen molar-refractivity contribution in [3.05, 3.63) is 40.4 Å². The smallest absolute Gasteiger partial charge is 0.320 e. The second-order valence-electron chi connectivity index (χ2n) is 15.9. The summed E-state index contributed by atoms with van der Waals surface area (Å²) in [6.07, 6.45) is 6.36. The number of nitrogens with one attached hydrogen (secondary N) is 1. The number of benzene rings is 2. The van der Waals surface area contributed by atoms with E-state index in [9.17, 15) is 14.4 Å². The number of thiophene rings is 1. The van der Waals surface area contributed by atoms with Gasteiger partial charge in [0.05, 0.1) is 27.4 Å². The van der Waals surface area contributed by atoms with Crippen LogP contribution in [0, 0.1) is 34.8 Å². The van der Waals surface area contributed by atoms with Gasteiger partial charge in [0, 0.05) is 54.5 Å². The monoisotopic (exact) mass is 776 g/mol. The molecule has 15 heteroatoms. The van der Waals surface area contributed by atoms with E-state index in [4.69, 9.17) is 32.0 Å². The maximum Gasteiger partial charge on any atom is 0.320 e. The van der Waals surface area contributed by atoms with Gasteiger partial charge in [-0.3, -0.25) is 15.0 Å². The van der Waals surface area contributed by atoms with E-state index >= 15 is 8.78 Å². The standard InChI is InChI=1S/C39H40ClF3N8O2S/c40-24-15-22-32(30(43)29(24)21-9-10-25(42)34-28(21)23(16-44)35(45)54-34)47-39(53-38-19-4-1-11-49(38)17-20(41)14-19)48-36(22)50-12-2-6-27-26(50)5-3-13-51(27)37(52)33-31(46-33)18-7-8-18/h9-10,15,18-20,26-27,31,33,38,46H,1-8,11-14,17,45H2/t19-,20-,26?,27?,31+,33-,38?/m1/s1. The van der Waals surface area contributed by atoms with Crippen LogP contribution in [0.2, 0.25) is 5.02 Å². The number of hydrogen-bond acceptors (Lipinski definition) is 10. The molecule has 1 saturated carbocycles. The van der Waals surface area contributed by atoms with Gasteiger partial charge in [0.25, 0.3) is 0 Å². The Hall–Kier alpha value is -3.90. The lowest BCUT2D eigenvalue weighted by atomic mass is 9.86. The molecule has 8 atom stereocenters. The van der Waals surface area contributed by atoms with Crippen LogP contribution in [0.25, 0.3) is 32.1 Å². The molecular formula is C39H40ClF3N8O2S. The molecule has 4 unspecified atom stereocenters. The molecule has 4 aromatic rings.